The number of rotatable bonds is 9. The van der Waals surface area contributed by atoms with E-state index < -0.39 is 5.60 Å². The Kier molecular flexibility index (Phi) is 8.79. The summed E-state index contributed by atoms with van der Waals surface area (Å²) in [6.45, 7) is 13.6. The van der Waals surface area contributed by atoms with Crippen LogP contribution >= 0.6 is 0 Å². The third-order valence-corrected chi connectivity index (χ3v) is 6.68. The van der Waals surface area contributed by atoms with Gasteiger partial charge in [-0.1, -0.05) is 34.1 Å². The maximum atomic E-state index is 13.2. The Bertz CT molecular complexity index is 682. The van der Waals surface area contributed by atoms with Crippen LogP contribution in [0.1, 0.15) is 66.2 Å². The Morgan fingerprint density at radius 2 is 1.81 bits per heavy atom. The van der Waals surface area contributed by atoms with Crippen LogP contribution in [0.25, 0.3) is 0 Å². The summed E-state index contributed by atoms with van der Waals surface area (Å²) in [6.07, 6.45) is 6.07. The summed E-state index contributed by atoms with van der Waals surface area (Å²) >= 11 is 0. The molecule has 2 fully saturated rings. The molecule has 5 nitrogen and oxygen atoms in total. The number of hydrogen-bond donors (Lipinski definition) is 1. The van der Waals surface area contributed by atoms with Gasteiger partial charge in [-0.25, -0.2) is 0 Å². The molecule has 1 N–H and O–H groups in total. The van der Waals surface area contributed by atoms with Crippen LogP contribution in [0.3, 0.4) is 0 Å². The van der Waals surface area contributed by atoms with Gasteiger partial charge in [-0.05, 0) is 74.1 Å². The molecule has 0 bridgehead atoms. The highest BCUT2D eigenvalue weighted by Crippen LogP contribution is 2.36. The molecule has 0 radical (unpaired) electrons. The van der Waals surface area contributed by atoms with E-state index in [9.17, 15) is 4.79 Å². The SMILES string of the molecule is CCCO[C@@]1(C(=O)Nc2ccc(OCCN3C[C@H](C)C[C@@H](C)C3)cc2)CCC[C@@H](C)C1. The van der Waals surface area contributed by atoms with Crippen molar-refractivity contribution in [1.29, 1.82) is 0 Å². The average Bonchev–Trinajstić information content (AvgIpc) is 2.73. The van der Waals surface area contributed by atoms with Crippen molar-refractivity contribution in [2.75, 3.05) is 38.2 Å². The summed E-state index contributed by atoms with van der Waals surface area (Å²) in [5.41, 5.74) is 0.111. The fourth-order valence-electron chi connectivity index (χ4n) is 5.35. The third kappa shape index (κ3) is 6.95. The highest BCUT2D eigenvalue weighted by Gasteiger charge is 2.42. The first-order valence-electron chi connectivity index (χ1n) is 12.3. The molecular formula is C26H42N2O3. The standard InChI is InChI=1S/C26H42N2O3/c1-5-14-31-26(12-6-7-20(2)17-26)25(29)27-23-8-10-24(11-9-23)30-15-13-28-18-21(3)16-22(4)19-28/h8-11,20-22H,5-7,12-19H2,1-4H3,(H,27,29)/t20-,21-,22-,26+/m1/s1. The van der Waals surface area contributed by atoms with Crippen molar-refractivity contribution in [3.63, 3.8) is 0 Å². The van der Waals surface area contributed by atoms with Crippen molar-refractivity contribution in [1.82, 2.24) is 4.90 Å². The molecule has 1 amide bonds. The molecule has 174 valence electrons. The molecular weight excluding hydrogens is 388 g/mol. The molecule has 2 aliphatic rings. The van der Waals surface area contributed by atoms with Crippen LogP contribution in [0.5, 0.6) is 5.75 Å². The molecule has 0 aromatic heterocycles. The van der Waals surface area contributed by atoms with E-state index in [0.717, 1.165) is 55.5 Å². The number of amides is 1. The van der Waals surface area contributed by atoms with Gasteiger partial charge in [0, 0.05) is 31.9 Å². The van der Waals surface area contributed by atoms with Gasteiger partial charge in [0.1, 0.15) is 18.0 Å². The molecule has 1 aliphatic heterocycles. The molecule has 1 heterocycles. The number of nitrogens with zero attached hydrogens (tertiary/aromatic N) is 1. The number of anilines is 1. The minimum absolute atomic E-state index is 0.00509. The molecule has 5 heteroatoms. The zero-order valence-electron chi connectivity index (χ0n) is 20.0. The van der Waals surface area contributed by atoms with Crippen molar-refractivity contribution in [3.05, 3.63) is 24.3 Å². The largest absolute Gasteiger partial charge is 0.492 e. The number of likely N-dealkylation sites (tertiary alicyclic amines) is 1. The summed E-state index contributed by atoms with van der Waals surface area (Å²) in [4.78, 5) is 15.7. The lowest BCUT2D eigenvalue weighted by Gasteiger charge is -2.38. The zero-order valence-corrected chi connectivity index (χ0v) is 20.0. The van der Waals surface area contributed by atoms with Crippen LogP contribution in [-0.2, 0) is 9.53 Å². The second-order valence-corrected chi connectivity index (χ2v) is 10.1. The Balaban J connectivity index is 1.50. The lowest BCUT2D eigenvalue weighted by atomic mass is 9.78. The molecule has 1 aromatic carbocycles. The van der Waals surface area contributed by atoms with Crippen LogP contribution in [-0.4, -0.2) is 49.3 Å². The van der Waals surface area contributed by atoms with Crippen molar-refractivity contribution in [2.45, 2.75) is 71.8 Å². The van der Waals surface area contributed by atoms with Crippen molar-refractivity contribution >= 4 is 11.6 Å². The summed E-state index contributed by atoms with van der Waals surface area (Å²) in [6, 6.07) is 7.75. The molecule has 1 aromatic rings. The average molecular weight is 431 g/mol. The minimum Gasteiger partial charge on any atom is -0.492 e. The van der Waals surface area contributed by atoms with Gasteiger partial charge in [0.2, 0.25) is 0 Å². The number of piperidine rings is 1. The van der Waals surface area contributed by atoms with E-state index >= 15 is 0 Å². The van der Waals surface area contributed by atoms with Crippen LogP contribution in [0, 0.1) is 17.8 Å². The third-order valence-electron chi connectivity index (χ3n) is 6.68. The zero-order chi connectivity index (χ0) is 22.3. The molecule has 4 atom stereocenters. The first-order valence-corrected chi connectivity index (χ1v) is 12.3. The van der Waals surface area contributed by atoms with Crippen molar-refractivity contribution in [2.24, 2.45) is 17.8 Å². The Morgan fingerprint density at radius 3 is 2.45 bits per heavy atom. The second-order valence-electron chi connectivity index (χ2n) is 10.1. The van der Waals surface area contributed by atoms with E-state index in [1.54, 1.807) is 0 Å². The van der Waals surface area contributed by atoms with E-state index in [4.69, 9.17) is 9.47 Å². The lowest BCUT2D eigenvalue weighted by Crippen LogP contribution is -2.48. The predicted molar refractivity (Wildman–Crippen MR) is 127 cm³/mol. The van der Waals surface area contributed by atoms with Gasteiger partial charge in [-0.3, -0.25) is 9.69 Å². The molecule has 1 aliphatic carbocycles. The van der Waals surface area contributed by atoms with E-state index in [1.165, 1.54) is 25.9 Å². The Morgan fingerprint density at radius 1 is 1.10 bits per heavy atom. The summed E-state index contributed by atoms with van der Waals surface area (Å²) < 4.78 is 12.1. The van der Waals surface area contributed by atoms with E-state index in [1.807, 2.05) is 24.3 Å². The number of hydrogen-bond acceptors (Lipinski definition) is 4. The predicted octanol–water partition coefficient (Wildman–Crippen LogP) is 5.36. The first-order chi connectivity index (χ1) is 14.9. The maximum absolute atomic E-state index is 13.2. The fraction of sp³-hybridized carbons (Fsp3) is 0.731. The normalized spacial score (nSPS) is 29.5. The van der Waals surface area contributed by atoms with Gasteiger partial charge in [0.05, 0.1) is 0 Å². The van der Waals surface area contributed by atoms with Crippen LogP contribution < -0.4 is 10.1 Å². The highest BCUT2D eigenvalue weighted by molar-refractivity contribution is 5.97. The van der Waals surface area contributed by atoms with E-state index in [-0.39, 0.29) is 5.91 Å². The molecule has 0 unspecified atom stereocenters. The molecule has 3 rings (SSSR count). The smallest absolute Gasteiger partial charge is 0.256 e. The van der Waals surface area contributed by atoms with Gasteiger partial charge < -0.3 is 14.8 Å². The molecule has 1 saturated heterocycles. The van der Waals surface area contributed by atoms with Gasteiger partial charge >= 0.3 is 0 Å². The van der Waals surface area contributed by atoms with E-state index in [2.05, 4.69) is 37.9 Å². The van der Waals surface area contributed by atoms with Gasteiger partial charge in [-0.15, -0.1) is 0 Å². The monoisotopic (exact) mass is 430 g/mol. The fourth-order valence-corrected chi connectivity index (χ4v) is 5.35. The summed E-state index contributed by atoms with van der Waals surface area (Å²) in [5.74, 6) is 2.89. The van der Waals surface area contributed by atoms with Gasteiger partial charge in [-0.2, -0.15) is 0 Å². The lowest BCUT2D eigenvalue weighted by molar-refractivity contribution is -0.148. The molecule has 1 saturated carbocycles. The van der Waals surface area contributed by atoms with Crippen molar-refractivity contribution < 1.29 is 14.3 Å². The molecule has 31 heavy (non-hydrogen) atoms. The van der Waals surface area contributed by atoms with Crippen LogP contribution in [0.15, 0.2) is 24.3 Å². The molecule has 0 spiro atoms. The van der Waals surface area contributed by atoms with Gasteiger partial charge in [0.15, 0.2) is 0 Å². The number of carbonyl (C=O) groups is 1. The topological polar surface area (TPSA) is 50.8 Å². The Hall–Kier alpha value is -1.59. The highest BCUT2D eigenvalue weighted by atomic mass is 16.5. The first kappa shape index (κ1) is 24.1. The number of carbonyl (C=O) groups excluding carboxylic acids is 1. The van der Waals surface area contributed by atoms with Crippen molar-refractivity contribution in [3.8, 4) is 5.75 Å². The van der Waals surface area contributed by atoms with E-state index in [0.29, 0.717) is 19.1 Å². The minimum atomic E-state index is -0.689. The van der Waals surface area contributed by atoms with Gasteiger partial charge in [0.25, 0.3) is 5.91 Å². The Labute approximate surface area is 188 Å². The number of benzene rings is 1. The number of ether oxygens (including phenoxy) is 2. The maximum Gasteiger partial charge on any atom is 0.256 e. The van der Waals surface area contributed by atoms with Crippen LogP contribution in [0.4, 0.5) is 5.69 Å². The summed E-state index contributed by atoms with van der Waals surface area (Å²) in [7, 11) is 0. The summed E-state index contributed by atoms with van der Waals surface area (Å²) in [5, 5.41) is 3.10. The van der Waals surface area contributed by atoms with Crippen LogP contribution in [0.2, 0.25) is 0 Å². The quantitative estimate of drug-likeness (QED) is 0.573. The second kappa shape index (κ2) is 11.3. The number of nitrogens with one attached hydrogen (secondary N) is 1.